The number of benzene rings is 1. The summed E-state index contributed by atoms with van der Waals surface area (Å²) in [4.78, 5) is 0. The average Bonchev–Trinajstić information content (AvgIpc) is 1.89. The third kappa shape index (κ3) is 1.35. The molecule has 0 bridgehead atoms. The molecule has 0 aromatic heterocycles. The van der Waals surface area contributed by atoms with Gasteiger partial charge in [-0.1, -0.05) is 42.1 Å². The maximum atomic E-state index is 2.12. The molecule has 0 heterocycles. The highest BCUT2D eigenvalue weighted by molar-refractivity contribution is 6.52. The van der Waals surface area contributed by atoms with E-state index in [-0.39, 0.29) is 0 Å². The van der Waals surface area contributed by atoms with Crippen molar-refractivity contribution in [1.29, 1.82) is 0 Å². The van der Waals surface area contributed by atoms with Gasteiger partial charge < -0.3 is 0 Å². The van der Waals surface area contributed by atoms with E-state index in [4.69, 9.17) is 0 Å². The molecule has 0 unspecified atom stereocenters. The SMILES string of the molecule is C[B]c1ccccc1C. The standard InChI is InChI=1S/C8H10B/c1-7-5-3-4-6-8(7)9-2/h3-6H,1-2H3. The summed E-state index contributed by atoms with van der Waals surface area (Å²) in [6.45, 7) is 4.18. The minimum atomic E-state index is 1.33. The van der Waals surface area contributed by atoms with Gasteiger partial charge in [0, 0.05) is 0 Å². The van der Waals surface area contributed by atoms with E-state index in [1.54, 1.807) is 0 Å². The molecule has 0 aliphatic heterocycles. The summed E-state index contributed by atoms with van der Waals surface area (Å²) in [7, 11) is 2.12. The van der Waals surface area contributed by atoms with Crippen LogP contribution in [-0.4, -0.2) is 7.28 Å². The maximum Gasteiger partial charge on any atom is 0.148 e. The molecule has 1 heteroatoms. The molecule has 0 N–H and O–H groups in total. The molecule has 1 aromatic rings. The van der Waals surface area contributed by atoms with Gasteiger partial charge in [-0.25, -0.2) is 0 Å². The molecule has 0 aliphatic rings. The van der Waals surface area contributed by atoms with E-state index < -0.39 is 0 Å². The number of rotatable bonds is 1. The fourth-order valence-corrected chi connectivity index (χ4v) is 0.911. The van der Waals surface area contributed by atoms with Gasteiger partial charge in [-0.15, -0.1) is 0 Å². The molecule has 0 aliphatic carbocycles. The van der Waals surface area contributed by atoms with Crippen LogP contribution in [0.5, 0.6) is 0 Å². The summed E-state index contributed by atoms with van der Waals surface area (Å²) in [6, 6.07) is 8.36. The lowest BCUT2D eigenvalue weighted by atomic mass is 9.71. The van der Waals surface area contributed by atoms with Crippen molar-refractivity contribution in [2.45, 2.75) is 13.7 Å². The van der Waals surface area contributed by atoms with Gasteiger partial charge in [0.1, 0.15) is 7.28 Å². The molecule has 1 aromatic carbocycles. The second-order valence-electron chi connectivity index (χ2n) is 2.15. The van der Waals surface area contributed by atoms with E-state index in [2.05, 4.69) is 45.3 Å². The van der Waals surface area contributed by atoms with Crippen LogP contribution in [0.1, 0.15) is 5.56 Å². The highest BCUT2D eigenvalue weighted by atomic mass is 13.9. The molecule has 0 spiro atoms. The Morgan fingerprint density at radius 3 is 2.33 bits per heavy atom. The summed E-state index contributed by atoms with van der Waals surface area (Å²) >= 11 is 0. The van der Waals surface area contributed by atoms with E-state index in [9.17, 15) is 0 Å². The second-order valence-corrected chi connectivity index (χ2v) is 2.15. The maximum absolute atomic E-state index is 2.12. The van der Waals surface area contributed by atoms with Gasteiger partial charge in [0.15, 0.2) is 0 Å². The first-order valence-electron chi connectivity index (χ1n) is 3.19. The van der Waals surface area contributed by atoms with Gasteiger partial charge in [0.05, 0.1) is 0 Å². The Kier molecular flexibility index (Phi) is 1.94. The highest BCUT2D eigenvalue weighted by Crippen LogP contribution is 1.90. The minimum absolute atomic E-state index is 1.33. The zero-order valence-corrected chi connectivity index (χ0v) is 5.89. The largest absolute Gasteiger partial charge is 0.148 e. The van der Waals surface area contributed by atoms with Gasteiger partial charge >= 0.3 is 0 Å². The third-order valence-electron chi connectivity index (χ3n) is 1.50. The van der Waals surface area contributed by atoms with Crippen LogP contribution in [0.3, 0.4) is 0 Å². The van der Waals surface area contributed by atoms with Gasteiger partial charge in [0.25, 0.3) is 0 Å². The molecule has 45 valence electrons. The van der Waals surface area contributed by atoms with Gasteiger partial charge in [-0.05, 0) is 6.92 Å². The van der Waals surface area contributed by atoms with Crippen LogP contribution in [0.2, 0.25) is 6.82 Å². The van der Waals surface area contributed by atoms with E-state index in [0.29, 0.717) is 0 Å². The summed E-state index contributed by atoms with van der Waals surface area (Å²) in [5.41, 5.74) is 2.68. The zero-order chi connectivity index (χ0) is 6.69. The molecule has 0 amide bonds. The van der Waals surface area contributed by atoms with Crippen molar-refractivity contribution < 1.29 is 0 Å². The molecule has 9 heavy (non-hydrogen) atoms. The lowest BCUT2D eigenvalue weighted by molar-refractivity contribution is 1.51. The first kappa shape index (κ1) is 6.41. The number of hydrogen-bond acceptors (Lipinski definition) is 0. The van der Waals surface area contributed by atoms with Crippen LogP contribution >= 0.6 is 0 Å². The Morgan fingerprint density at radius 2 is 1.89 bits per heavy atom. The summed E-state index contributed by atoms with van der Waals surface area (Å²) in [6.07, 6.45) is 0. The zero-order valence-electron chi connectivity index (χ0n) is 5.89. The fourth-order valence-electron chi connectivity index (χ4n) is 0.911. The van der Waals surface area contributed by atoms with Crippen molar-refractivity contribution in [3.05, 3.63) is 29.8 Å². The molecule has 0 saturated carbocycles. The molecule has 0 atom stereocenters. The molecule has 1 radical (unpaired) electrons. The predicted octanol–water partition coefficient (Wildman–Crippen LogP) is 1.37. The van der Waals surface area contributed by atoms with E-state index in [1.165, 1.54) is 11.0 Å². The van der Waals surface area contributed by atoms with Crippen LogP contribution in [0, 0.1) is 6.92 Å². The number of hydrogen-bond donors (Lipinski definition) is 0. The Morgan fingerprint density at radius 1 is 1.22 bits per heavy atom. The Labute approximate surface area is 57.1 Å². The van der Waals surface area contributed by atoms with Crippen molar-refractivity contribution >= 4 is 12.7 Å². The van der Waals surface area contributed by atoms with Gasteiger partial charge in [-0.3, -0.25) is 0 Å². The van der Waals surface area contributed by atoms with Crippen LogP contribution < -0.4 is 5.46 Å². The molecule has 0 saturated heterocycles. The lowest BCUT2D eigenvalue weighted by Gasteiger charge is -1.97. The second kappa shape index (κ2) is 2.72. The van der Waals surface area contributed by atoms with Crippen molar-refractivity contribution in [3.8, 4) is 0 Å². The number of aryl methyl sites for hydroxylation is 1. The van der Waals surface area contributed by atoms with Crippen LogP contribution in [0.25, 0.3) is 0 Å². The molecule has 0 nitrogen and oxygen atoms in total. The third-order valence-corrected chi connectivity index (χ3v) is 1.50. The first-order valence-corrected chi connectivity index (χ1v) is 3.19. The van der Waals surface area contributed by atoms with Crippen molar-refractivity contribution in [2.75, 3.05) is 0 Å². The molecular formula is C8H10B. The minimum Gasteiger partial charge on any atom is -0.0872 e. The molecule has 0 fully saturated rings. The van der Waals surface area contributed by atoms with Crippen LogP contribution in [-0.2, 0) is 0 Å². The molecule has 1 rings (SSSR count). The van der Waals surface area contributed by atoms with Gasteiger partial charge in [-0.2, -0.15) is 0 Å². The predicted molar refractivity (Wildman–Crippen MR) is 42.4 cm³/mol. The highest BCUT2D eigenvalue weighted by Gasteiger charge is 1.90. The van der Waals surface area contributed by atoms with E-state index in [0.717, 1.165) is 0 Å². The Bertz CT molecular complexity index is 194. The van der Waals surface area contributed by atoms with E-state index >= 15 is 0 Å². The first-order chi connectivity index (χ1) is 4.34. The van der Waals surface area contributed by atoms with Crippen molar-refractivity contribution in [2.24, 2.45) is 0 Å². The van der Waals surface area contributed by atoms with Gasteiger partial charge in [0.2, 0.25) is 0 Å². The molecular weight excluding hydrogens is 107 g/mol. The summed E-state index contributed by atoms with van der Waals surface area (Å²) in [5.74, 6) is 0. The lowest BCUT2D eigenvalue weighted by Crippen LogP contribution is -2.12. The average molecular weight is 117 g/mol. The Hall–Kier alpha value is -0.715. The smallest absolute Gasteiger partial charge is 0.0872 e. The summed E-state index contributed by atoms with van der Waals surface area (Å²) < 4.78 is 0. The van der Waals surface area contributed by atoms with E-state index in [1.807, 2.05) is 0 Å². The van der Waals surface area contributed by atoms with Crippen LogP contribution in [0.4, 0.5) is 0 Å². The quantitative estimate of drug-likeness (QED) is 0.487. The van der Waals surface area contributed by atoms with Crippen molar-refractivity contribution in [1.82, 2.24) is 0 Å². The monoisotopic (exact) mass is 117 g/mol. The van der Waals surface area contributed by atoms with Crippen LogP contribution in [0.15, 0.2) is 24.3 Å². The Balaban J connectivity index is 3.01. The fraction of sp³-hybridized carbons (Fsp3) is 0.250. The summed E-state index contributed by atoms with van der Waals surface area (Å²) in [5, 5.41) is 0. The topological polar surface area (TPSA) is 0 Å². The normalized spacial score (nSPS) is 9.11. The van der Waals surface area contributed by atoms with Crippen molar-refractivity contribution in [3.63, 3.8) is 0 Å².